The van der Waals surface area contributed by atoms with E-state index < -0.39 is 11.7 Å². The maximum atomic E-state index is 12.7. The van der Waals surface area contributed by atoms with E-state index in [1.807, 2.05) is 30.3 Å². The van der Waals surface area contributed by atoms with E-state index in [1.54, 1.807) is 0 Å². The lowest BCUT2D eigenvalue weighted by atomic mass is 10.1. The Morgan fingerprint density at radius 3 is 2.52 bits per heavy atom. The lowest BCUT2D eigenvalue weighted by Crippen LogP contribution is -2.04. The third-order valence-corrected chi connectivity index (χ3v) is 3.13. The first-order chi connectivity index (χ1) is 11.0. The van der Waals surface area contributed by atoms with Crippen LogP contribution in [0.1, 0.15) is 11.5 Å². The number of hydrogen-bond acceptors (Lipinski definition) is 4. The minimum absolute atomic E-state index is 0.126. The van der Waals surface area contributed by atoms with Gasteiger partial charge in [-0.2, -0.15) is 18.2 Å². The molecule has 7 heteroatoms. The van der Waals surface area contributed by atoms with Crippen LogP contribution in [0.4, 0.5) is 18.9 Å². The Morgan fingerprint density at radius 1 is 1.00 bits per heavy atom. The minimum atomic E-state index is -4.41. The second kappa shape index (κ2) is 6.12. The standard InChI is InChI=1S/C16H12F3N3O/c17-16(18,19)12-6-4-5-11(9-12)15-21-14(23-22-15)10-20-13-7-2-1-3-8-13/h1-9,20H,10H2. The van der Waals surface area contributed by atoms with Crippen molar-refractivity contribution in [1.29, 1.82) is 0 Å². The fourth-order valence-corrected chi connectivity index (χ4v) is 2.01. The van der Waals surface area contributed by atoms with E-state index in [1.165, 1.54) is 12.1 Å². The van der Waals surface area contributed by atoms with Crippen LogP contribution in [0.25, 0.3) is 11.4 Å². The molecule has 1 N–H and O–H groups in total. The van der Waals surface area contributed by atoms with Crippen LogP contribution in [0, 0.1) is 0 Å². The molecule has 23 heavy (non-hydrogen) atoms. The largest absolute Gasteiger partial charge is 0.416 e. The number of hydrogen-bond donors (Lipinski definition) is 1. The molecule has 0 unspecified atom stereocenters. The molecule has 0 radical (unpaired) electrons. The van der Waals surface area contributed by atoms with Gasteiger partial charge < -0.3 is 9.84 Å². The Labute approximate surface area is 130 Å². The zero-order valence-electron chi connectivity index (χ0n) is 11.8. The van der Waals surface area contributed by atoms with Crippen molar-refractivity contribution >= 4 is 5.69 Å². The quantitative estimate of drug-likeness (QED) is 0.776. The molecular formula is C16H12F3N3O. The number of rotatable bonds is 4. The van der Waals surface area contributed by atoms with Gasteiger partial charge in [-0.25, -0.2) is 0 Å². The summed E-state index contributed by atoms with van der Waals surface area (Å²) >= 11 is 0. The summed E-state index contributed by atoms with van der Waals surface area (Å²) in [5.41, 5.74) is 0.393. The highest BCUT2D eigenvalue weighted by atomic mass is 19.4. The van der Waals surface area contributed by atoms with Gasteiger partial charge in [-0.1, -0.05) is 35.5 Å². The van der Waals surface area contributed by atoms with Gasteiger partial charge in [-0.05, 0) is 24.3 Å². The first kappa shape index (κ1) is 15.1. The zero-order chi connectivity index (χ0) is 16.3. The van der Waals surface area contributed by atoms with Gasteiger partial charge in [0.15, 0.2) is 0 Å². The van der Waals surface area contributed by atoms with Gasteiger partial charge in [0.05, 0.1) is 12.1 Å². The highest BCUT2D eigenvalue weighted by Gasteiger charge is 2.30. The number of halogens is 3. The minimum Gasteiger partial charge on any atom is -0.376 e. The molecule has 1 heterocycles. The predicted molar refractivity (Wildman–Crippen MR) is 78.5 cm³/mol. The molecule has 0 amide bonds. The third kappa shape index (κ3) is 3.68. The van der Waals surface area contributed by atoms with E-state index >= 15 is 0 Å². The molecule has 0 atom stereocenters. The van der Waals surface area contributed by atoms with Crippen LogP contribution in [-0.2, 0) is 12.7 Å². The number of para-hydroxylation sites is 1. The zero-order valence-corrected chi connectivity index (χ0v) is 11.8. The van der Waals surface area contributed by atoms with Gasteiger partial charge in [-0.3, -0.25) is 0 Å². The average molecular weight is 319 g/mol. The Bertz CT molecular complexity index is 785. The van der Waals surface area contributed by atoms with E-state index in [0.29, 0.717) is 5.89 Å². The van der Waals surface area contributed by atoms with Gasteiger partial charge in [0.1, 0.15) is 0 Å². The maximum Gasteiger partial charge on any atom is 0.416 e. The summed E-state index contributed by atoms with van der Waals surface area (Å²) in [6, 6.07) is 14.2. The molecule has 0 saturated heterocycles. The Balaban J connectivity index is 1.74. The van der Waals surface area contributed by atoms with Crippen molar-refractivity contribution in [3.8, 4) is 11.4 Å². The first-order valence-corrected chi connectivity index (χ1v) is 6.81. The molecule has 0 saturated carbocycles. The molecule has 0 bridgehead atoms. The topological polar surface area (TPSA) is 51.0 Å². The average Bonchev–Trinajstić information content (AvgIpc) is 3.02. The molecule has 3 aromatic rings. The van der Waals surface area contributed by atoms with Crippen LogP contribution in [0.2, 0.25) is 0 Å². The molecule has 0 fully saturated rings. The molecule has 3 rings (SSSR count). The van der Waals surface area contributed by atoms with Crippen LogP contribution >= 0.6 is 0 Å². The Hall–Kier alpha value is -2.83. The van der Waals surface area contributed by atoms with Crippen molar-refractivity contribution < 1.29 is 17.7 Å². The number of nitrogens with zero attached hydrogens (tertiary/aromatic N) is 2. The second-order valence-electron chi connectivity index (χ2n) is 4.81. The third-order valence-electron chi connectivity index (χ3n) is 3.13. The van der Waals surface area contributed by atoms with Crippen molar-refractivity contribution in [2.75, 3.05) is 5.32 Å². The van der Waals surface area contributed by atoms with Gasteiger partial charge in [0, 0.05) is 11.3 Å². The molecule has 2 aromatic carbocycles. The van der Waals surface area contributed by atoms with E-state index in [2.05, 4.69) is 15.5 Å². The van der Waals surface area contributed by atoms with Crippen molar-refractivity contribution in [3.63, 3.8) is 0 Å². The molecular weight excluding hydrogens is 307 g/mol. The molecule has 0 aliphatic carbocycles. The van der Waals surface area contributed by atoms with E-state index in [0.717, 1.165) is 17.8 Å². The molecule has 0 aliphatic heterocycles. The van der Waals surface area contributed by atoms with E-state index in [9.17, 15) is 13.2 Å². The van der Waals surface area contributed by atoms with Gasteiger partial charge >= 0.3 is 6.18 Å². The number of benzene rings is 2. The summed E-state index contributed by atoms with van der Waals surface area (Å²) < 4.78 is 43.2. The van der Waals surface area contributed by atoms with Crippen LogP contribution in [0.5, 0.6) is 0 Å². The summed E-state index contributed by atoms with van der Waals surface area (Å²) in [5, 5.41) is 6.81. The Morgan fingerprint density at radius 2 is 1.78 bits per heavy atom. The summed E-state index contributed by atoms with van der Waals surface area (Å²) in [6.45, 7) is 0.288. The van der Waals surface area contributed by atoms with Crippen LogP contribution < -0.4 is 5.32 Å². The highest BCUT2D eigenvalue weighted by molar-refractivity contribution is 5.55. The molecule has 118 valence electrons. The van der Waals surface area contributed by atoms with Crippen molar-refractivity contribution in [2.45, 2.75) is 12.7 Å². The predicted octanol–water partition coefficient (Wildman–Crippen LogP) is 4.37. The molecule has 1 aromatic heterocycles. The number of nitrogens with one attached hydrogen (secondary N) is 1. The number of alkyl halides is 3. The van der Waals surface area contributed by atoms with E-state index in [-0.39, 0.29) is 17.9 Å². The van der Waals surface area contributed by atoms with Crippen LogP contribution in [0.3, 0.4) is 0 Å². The lowest BCUT2D eigenvalue weighted by molar-refractivity contribution is -0.137. The van der Waals surface area contributed by atoms with Gasteiger partial charge in [0.2, 0.25) is 11.7 Å². The second-order valence-corrected chi connectivity index (χ2v) is 4.81. The van der Waals surface area contributed by atoms with Gasteiger partial charge in [0.25, 0.3) is 0 Å². The fraction of sp³-hybridized carbons (Fsp3) is 0.125. The normalized spacial score (nSPS) is 11.4. The lowest BCUT2D eigenvalue weighted by Gasteiger charge is -2.06. The van der Waals surface area contributed by atoms with Gasteiger partial charge in [-0.15, -0.1) is 0 Å². The molecule has 0 spiro atoms. The monoisotopic (exact) mass is 319 g/mol. The van der Waals surface area contributed by atoms with Crippen molar-refractivity contribution in [1.82, 2.24) is 10.1 Å². The van der Waals surface area contributed by atoms with E-state index in [4.69, 9.17) is 4.52 Å². The first-order valence-electron chi connectivity index (χ1n) is 6.81. The summed E-state index contributed by atoms with van der Waals surface area (Å²) in [5.74, 6) is 0.419. The van der Waals surface area contributed by atoms with Crippen LogP contribution in [0.15, 0.2) is 59.1 Å². The molecule has 0 aliphatic rings. The smallest absolute Gasteiger partial charge is 0.376 e. The highest BCUT2D eigenvalue weighted by Crippen LogP contribution is 2.31. The van der Waals surface area contributed by atoms with Crippen molar-refractivity contribution in [3.05, 3.63) is 66.1 Å². The SMILES string of the molecule is FC(F)(F)c1cccc(-c2noc(CNc3ccccc3)n2)c1. The summed E-state index contributed by atoms with van der Waals surface area (Å²) in [6.07, 6.45) is -4.41. The molecule has 4 nitrogen and oxygen atoms in total. The van der Waals surface area contributed by atoms with Crippen LogP contribution in [-0.4, -0.2) is 10.1 Å². The summed E-state index contributed by atoms with van der Waals surface area (Å²) in [4.78, 5) is 4.11. The summed E-state index contributed by atoms with van der Waals surface area (Å²) in [7, 11) is 0. The Kier molecular flexibility index (Phi) is 4.01. The fourth-order valence-electron chi connectivity index (χ4n) is 2.01. The number of anilines is 1. The van der Waals surface area contributed by atoms with Crippen molar-refractivity contribution in [2.24, 2.45) is 0 Å². The maximum absolute atomic E-state index is 12.7. The number of aromatic nitrogens is 2.